The number of aromatic amines is 1. The van der Waals surface area contributed by atoms with E-state index in [1.807, 2.05) is 0 Å². The number of nitrogens with one attached hydrogen (secondary N) is 1. The van der Waals surface area contributed by atoms with E-state index >= 15 is 0 Å². The maximum atomic E-state index is 6.24. The molecular weight excluding hydrogens is 306 g/mol. The summed E-state index contributed by atoms with van der Waals surface area (Å²) in [6.07, 6.45) is 3.26. The van der Waals surface area contributed by atoms with E-state index in [9.17, 15) is 0 Å². The number of fused-ring (bicyclic) bond motifs is 2. The number of benzene rings is 2. The molecule has 0 aliphatic carbocycles. The number of hydrogen-bond acceptors (Lipinski definition) is 1. The van der Waals surface area contributed by atoms with Crippen LogP contribution in [-0.4, -0.2) is 16.1 Å². The lowest BCUT2D eigenvalue weighted by molar-refractivity contribution is 0.690. The lowest BCUT2D eigenvalue weighted by Gasteiger charge is -2.15. The van der Waals surface area contributed by atoms with E-state index in [-0.39, 0.29) is 0 Å². The predicted octanol–water partition coefficient (Wildman–Crippen LogP) is 4.74. The maximum absolute atomic E-state index is 6.24. The Morgan fingerprint density at radius 1 is 1.04 bits per heavy atom. The largest absolute Gasteiger partial charge is 0.358 e. The fraction of sp³-hybridized carbons (Fsp3) is 0.273. The molecule has 128 valence electrons. The van der Waals surface area contributed by atoms with Crippen LogP contribution < -0.4 is 5.73 Å². The van der Waals surface area contributed by atoms with Crippen molar-refractivity contribution >= 4 is 21.8 Å². The van der Waals surface area contributed by atoms with Gasteiger partial charge in [-0.15, -0.1) is 0 Å². The highest BCUT2D eigenvalue weighted by atomic mass is 14.9. The molecule has 0 spiro atoms. The van der Waals surface area contributed by atoms with Gasteiger partial charge in [-0.25, -0.2) is 0 Å². The van der Waals surface area contributed by atoms with Gasteiger partial charge in [-0.2, -0.15) is 0 Å². The van der Waals surface area contributed by atoms with Gasteiger partial charge in [0, 0.05) is 46.2 Å². The maximum Gasteiger partial charge on any atom is 0.0483 e. The molecule has 0 bridgehead atoms. The topological polar surface area (TPSA) is 46.7 Å². The third kappa shape index (κ3) is 2.65. The number of rotatable bonds is 5. The average molecular weight is 331 g/mol. The molecule has 3 N–H and O–H groups in total. The highest BCUT2D eigenvalue weighted by molar-refractivity contribution is 5.86. The second-order valence-electron chi connectivity index (χ2n) is 6.80. The van der Waals surface area contributed by atoms with Crippen molar-refractivity contribution in [3.05, 3.63) is 71.5 Å². The molecule has 25 heavy (non-hydrogen) atoms. The molecule has 0 aliphatic rings. The van der Waals surface area contributed by atoms with E-state index in [0.29, 0.717) is 12.5 Å². The van der Waals surface area contributed by atoms with Crippen LogP contribution in [0.25, 0.3) is 21.8 Å². The lowest BCUT2D eigenvalue weighted by atomic mass is 9.90. The van der Waals surface area contributed by atoms with Crippen LogP contribution in [0.2, 0.25) is 0 Å². The number of nitrogens with two attached hydrogens (primary N) is 1. The highest BCUT2D eigenvalue weighted by Gasteiger charge is 2.19. The van der Waals surface area contributed by atoms with Crippen molar-refractivity contribution in [3.8, 4) is 0 Å². The molecule has 2 heterocycles. The quantitative estimate of drug-likeness (QED) is 0.545. The van der Waals surface area contributed by atoms with Crippen LogP contribution in [0, 0.1) is 6.92 Å². The van der Waals surface area contributed by atoms with Crippen molar-refractivity contribution in [2.75, 3.05) is 6.54 Å². The van der Waals surface area contributed by atoms with E-state index in [2.05, 4.69) is 78.1 Å². The molecule has 3 nitrogen and oxygen atoms in total. The molecule has 4 aromatic rings. The zero-order chi connectivity index (χ0) is 17.4. The lowest BCUT2D eigenvalue weighted by Crippen LogP contribution is -2.15. The van der Waals surface area contributed by atoms with Gasteiger partial charge < -0.3 is 15.3 Å². The van der Waals surface area contributed by atoms with Crippen LogP contribution in [0.3, 0.4) is 0 Å². The standard InChI is InChI=1S/C22H25N3/c1-3-25-14-20(18-9-5-7-11-22(18)25)16(13-23)12-19-15(2)24-21-10-6-4-8-17(19)21/h4-11,14,16,24H,3,12-13,23H2,1-2H3. The molecule has 2 aromatic heterocycles. The molecule has 0 fully saturated rings. The second kappa shape index (κ2) is 6.41. The highest BCUT2D eigenvalue weighted by Crippen LogP contribution is 2.32. The number of aromatic nitrogens is 2. The molecule has 0 radical (unpaired) electrons. The summed E-state index contributed by atoms with van der Waals surface area (Å²) in [7, 11) is 0. The van der Waals surface area contributed by atoms with Crippen molar-refractivity contribution in [1.82, 2.24) is 9.55 Å². The SMILES string of the molecule is CCn1cc(C(CN)Cc2c(C)[nH]c3ccccc23)c2ccccc21. The van der Waals surface area contributed by atoms with E-state index < -0.39 is 0 Å². The first-order valence-corrected chi connectivity index (χ1v) is 9.07. The average Bonchev–Trinajstić information content (AvgIpc) is 3.17. The van der Waals surface area contributed by atoms with Gasteiger partial charge in [0.15, 0.2) is 0 Å². The second-order valence-corrected chi connectivity index (χ2v) is 6.80. The molecule has 0 aliphatic heterocycles. The Hall–Kier alpha value is -2.52. The van der Waals surface area contributed by atoms with Gasteiger partial charge in [-0.1, -0.05) is 36.4 Å². The van der Waals surface area contributed by atoms with Crippen LogP contribution in [0.4, 0.5) is 0 Å². The van der Waals surface area contributed by atoms with Gasteiger partial charge in [0.25, 0.3) is 0 Å². The van der Waals surface area contributed by atoms with Gasteiger partial charge in [0.05, 0.1) is 0 Å². The number of hydrogen-bond donors (Lipinski definition) is 2. The molecule has 2 aromatic carbocycles. The smallest absolute Gasteiger partial charge is 0.0483 e. The summed E-state index contributed by atoms with van der Waals surface area (Å²) in [5.41, 5.74) is 12.8. The Morgan fingerprint density at radius 2 is 1.76 bits per heavy atom. The first kappa shape index (κ1) is 16.0. The third-order valence-electron chi connectivity index (χ3n) is 5.36. The van der Waals surface area contributed by atoms with Crippen LogP contribution in [-0.2, 0) is 13.0 Å². The van der Waals surface area contributed by atoms with E-state index in [1.54, 1.807) is 0 Å². The molecule has 1 unspecified atom stereocenters. The van der Waals surface area contributed by atoms with Crippen molar-refractivity contribution in [2.24, 2.45) is 5.73 Å². The minimum Gasteiger partial charge on any atom is -0.358 e. The van der Waals surface area contributed by atoms with Crippen molar-refractivity contribution in [1.29, 1.82) is 0 Å². The number of aryl methyl sites for hydroxylation is 2. The third-order valence-corrected chi connectivity index (χ3v) is 5.36. The first-order valence-electron chi connectivity index (χ1n) is 9.07. The Morgan fingerprint density at radius 3 is 2.52 bits per heavy atom. The minimum atomic E-state index is 0.315. The number of H-pyrrole nitrogens is 1. The number of nitrogens with zero attached hydrogens (tertiary/aromatic N) is 1. The summed E-state index contributed by atoms with van der Waals surface area (Å²) in [4.78, 5) is 3.52. The van der Waals surface area contributed by atoms with Gasteiger partial charge >= 0.3 is 0 Å². The summed E-state index contributed by atoms with van der Waals surface area (Å²) < 4.78 is 2.33. The Balaban J connectivity index is 1.80. The molecule has 0 saturated carbocycles. The van der Waals surface area contributed by atoms with Crippen molar-refractivity contribution < 1.29 is 0 Å². The summed E-state index contributed by atoms with van der Waals surface area (Å²) in [6.45, 7) is 5.98. The molecule has 0 saturated heterocycles. The number of para-hydroxylation sites is 2. The van der Waals surface area contributed by atoms with Crippen LogP contribution in [0.1, 0.15) is 29.7 Å². The van der Waals surface area contributed by atoms with Gasteiger partial charge in [-0.05, 0) is 50.1 Å². The fourth-order valence-corrected chi connectivity index (χ4v) is 4.03. The predicted molar refractivity (Wildman–Crippen MR) is 106 cm³/mol. The van der Waals surface area contributed by atoms with Crippen molar-refractivity contribution in [3.63, 3.8) is 0 Å². The monoisotopic (exact) mass is 331 g/mol. The minimum absolute atomic E-state index is 0.315. The Kier molecular flexibility index (Phi) is 4.10. The summed E-state index contributed by atoms with van der Waals surface area (Å²) in [5.74, 6) is 0.315. The molecule has 4 rings (SSSR count). The van der Waals surface area contributed by atoms with Crippen LogP contribution >= 0.6 is 0 Å². The summed E-state index contributed by atoms with van der Waals surface area (Å²) in [6, 6.07) is 17.2. The Labute approximate surface area is 148 Å². The normalized spacial score (nSPS) is 12.9. The van der Waals surface area contributed by atoms with E-state index in [0.717, 1.165) is 13.0 Å². The summed E-state index contributed by atoms with van der Waals surface area (Å²) >= 11 is 0. The zero-order valence-corrected chi connectivity index (χ0v) is 14.9. The zero-order valence-electron chi connectivity index (χ0n) is 14.9. The summed E-state index contributed by atoms with van der Waals surface area (Å²) in [5, 5.41) is 2.65. The van der Waals surface area contributed by atoms with E-state index in [1.165, 1.54) is 38.6 Å². The van der Waals surface area contributed by atoms with Gasteiger partial charge in [0.2, 0.25) is 0 Å². The molecule has 0 amide bonds. The van der Waals surface area contributed by atoms with Crippen molar-refractivity contribution in [2.45, 2.75) is 32.7 Å². The van der Waals surface area contributed by atoms with Crippen LogP contribution in [0.15, 0.2) is 54.7 Å². The Bertz CT molecular complexity index is 1020. The van der Waals surface area contributed by atoms with Gasteiger partial charge in [-0.3, -0.25) is 0 Å². The molecule has 3 heteroatoms. The van der Waals surface area contributed by atoms with E-state index in [4.69, 9.17) is 5.73 Å². The molecule has 1 atom stereocenters. The first-order chi connectivity index (χ1) is 12.2. The van der Waals surface area contributed by atoms with Gasteiger partial charge in [0.1, 0.15) is 0 Å². The molecular formula is C22H25N3. The fourth-order valence-electron chi connectivity index (χ4n) is 4.03. The van der Waals surface area contributed by atoms with Crippen LogP contribution in [0.5, 0.6) is 0 Å².